The number of sulfonamides is 1. The smallest absolute Gasteiger partial charge is 0.241 e. The second kappa shape index (κ2) is 7.93. The predicted octanol–water partition coefficient (Wildman–Crippen LogP) is 4.46. The number of aryl methyl sites for hydroxylation is 2. The first kappa shape index (κ1) is 19.6. The van der Waals surface area contributed by atoms with Crippen LogP contribution in [0.15, 0.2) is 83.8 Å². The van der Waals surface area contributed by atoms with Crippen molar-refractivity contribution in [3.8, 4) is 0 Å². The summed E-state index contributed by atoms with van der Waals surface area (Å²) in [6.45, 7) is 1.91. The highest BCUT2D eigenvalue weighted by atomic mass is 32.2. The van der Waals surface area contributed by atoms with Gasteiger partial charge in [-0.15, -0.1) is 0 Å². The van der Waals surface area contributed by atoms with Crippen molar-refractivity contribution in [1.29, 1.82) is 0 Å². The van der Waals surface area contributed by atoms with Gasteiger partial charge in [-0.3, -0.25) is 4.79 Å². The van der Waals surface area contributed by atoms with Crippen LogP contribution >= 0.6 is 0 Å². The third kappa shape index (κ3) is 4.02. The van der Waals surface area contributed by atoms with Gasteiger partial charge in [-0.2, -0.15) is 0 Å². The van der Waals surface area contributed by atoms with Crippen LogP contribution in [0, 0.1) is 12.8 Å². The summed E-state index contributed by atoms with van der Waals surface area (Å²) >= 11 is 0. The van der Waals surface area contributed by atoms with Gasteiger partial charge in [0.1, 0.15) is 0 Å². The van der Waals surface area contributed by atoms with E-state index in [1.165, 1.54) is 0 Å². The molecule has 0 saturated carbocycles. The molecule has 0 spiro atoms. The number of rotatable bonds is 5. The lowest BCUT2D eigenvalue weighted by atomic mass is 9.77. The van der Waals surface area contributed by atoms with Gasteiger partial charge in [-0.1, -0.05) is 72.3 Å². The summed E-state index contributed by atoms with van der Waals surface area (Å²) in [7, 11) is -3.78. The van der Waals surface area contributed by atoms with Gasteiger partial charge < -0.3 is 0 Å². The third-order valence-electron chi connectivity index (χ3n) is 5.52. The lowest BCUT2D eigenvalue weighted by molar-refractivity contribution is 0.0875. The van der Waals surface area contributed by atoms with E-state index in [2.05, 4.69) is 4.72 Å². The SMILES string of the molecule is Cc1ccc(S(=O)(=O)N[C@H](c2ccccc2)[C@@H]2CCc3ccccc3C2=O)cc1. The first-order chi connectivity index (χ1) is 14.0. The first-order valence-electron chi connectivity index (χ1n) is 9.72. The van der Waals surface area contributed by atoms with E-state index in [4.69, 9.17) is 0 Å². The molecule has 0 aliphatic heterocycles. The molecule has 2 atom stereocenters. The summed E-state index contributed by atoms with van der Waals surface area (Å²) < 4.78 is 29.0. The quantitative estimate of drug-likeness (QED) is 0.682. The molecule has 0 heterocycles. The number of Topliss-reactive ketones (excluding diaryl/α,β-unsaturated/α-hetero) is 1. The van der Waals surface area contributed by atoms with Crippen LogP contribution in [0.4, 0.5) is 0 Å². The van der Waals surface area contributed by atoms with E-state index in [0.717, 1.165) is 23.1 Å². The topological polar surface area (TPSA) is 63.2 Å². The summed E-state index contributed by atoms with van der Waals surface area (Å²) in [6, 6.07) is 23.1. The molecule has 0 radical (unpaired) electrons. The van der Waals surface area contributed by atoms with Crippen molar-refractivity contribution in [3.05, 3.63) is 101 Å². The zero-order chi connectivity index (χ0) is 20.4. The molecular formula is C24H23NO3S. The fraction of sp³-hybridized carbons (Fsp3) is 0.208. The number of nitrogens with one attached hydrogen (secondary N) is 1. The summed E-state index contributed by atoms with van der Waals surface area (Å²) in [5.74, 6) is -0.458. The number of fused-ring (bicyclic) bond motifs is 1. The highest BCUT2D eigenvalue weighted by molar-refractivity contribution is 7.89. The number of carbonyl (C=O) groups excluding carboxylic acids is 1. The van der Waals surface area contributed by atoms with Gasteiger partial charge in [0.15, 0.2) is 5.78 Å². The molecule has 1 aliphatic carbocycles. The Bertz CT molecular complexity index is 1120. The molecule has 3 aromatic rings. The fourth-order valence-electron chi connectivity index (χ4n) is 3.93. The number of hydrogen-bond donors (Lipinski definition) is 1. The van der Waals surface area contributed by atoms with Crippen LogP contribution in [0.5, 0.6) is 0 Å². The molecule has 4 rings (SSSR count). The molecule has 29 heavy (non-hydrogen) atoms. The van der Waals surface area contributed by atoms with E-state index in [9.17, 15) is 13.2 Å². The minimum Gasteiger partial charge on any atom is -0.294 e. The molecule has 1 N–H and O–H groups in total. The molecule has 0 bridgehead atoms. The third-order valence-corrected chi connectivity index (χ3v) is 6.98. The first-order valence-corrected chi connectivity index (χ1v) is 11.2. The van der Waals surface area contributed by atoms with Crippen molar-refractivity contribution < 1.29 is 13.2 Å². The maximum atomic E-state index is 13.3. The van der Waals surface area contributed by atoms with Gasteiger partial charge in [0, 0.05) is 11.5 Å². The van der Waals surface area contributed by atoms with Crippen molar-refractivity contribution in [2.75, 3.05) is 0 Å². The average Bonchev–Trinajstić information content (AvgIpc) is 2.74. The lowest BCUT2D eigenvalue weighted by Gasteiger charge is -2.31. The molecule has 4 nitrogen and oxygen atoms in total. The van der Waals surface area contributed by atoms with Gasteiger partial charge >= 0.3 is 0 Å². The van der Waals surface area contributed by atoms with Gasteiger partial charge in [0.25, 0.3) is 0 Å². The normalized spacial score (nSPS) is 17.6. The maximum absolute atomic E-state index is 13.3. The monoisotopic (exact) mass is 405 g/mol. The highest BCUT2D eigenvalue weighted by Crippen LogP contribution is 2.35. The minimum atomic E-state index is -3.78. The number of carbonyl (C=O) groups is 1. The molecular weight excluding hydrogens is 382 g/mol. The van der Waals surface area contributed by atoms with Crippen molar-refractivity contribution in [1.82, 2.24) is 4.72 Å². The molecule has 0 aromatic heterocycles. The Morgan fingerprint density at radius 2 is 1.55 bits per heavy atom. The zero-order valence-electron chi connectivity index (χ0n) is 16.2. The van der Waals surface area contributed by atoms with Crippen molar-refractivity contribution in [2.24, 2.45) is 5.92 Å². The Labute approximate surface area is 171 Å². The molecule has 0 unspecified atom stereocenters. The maximum Gasteiger partial charge on any atom is 0.241 e. The van der Waals surface area contributed by atoms with Gasteiger partial charge in [-0.25, -0.2) is 13.1 Å². The Hall–Kier alpha value is -2.76. The van der Waals surface area contributed by atoms with E-state index in [0.29, 0.717) is 12.0 Å². The Balaban J connectivity index is 1.72. The molecule has 3 aromatic carbocycles. The Kier molecular flexibility index (Phi) is 5.35. The predicted molar refractivity (Wildman–Crippen MR) is 113 cm³/mol. The van der Waals surface area contributed by atoms with Crippen LogP contribution in [0.2, 0.25) is 0 Å². The average molecular weight is 406 g/mol. The molecule has 0 fully saturated rings. The minimum absolute atomic E-state index is 0.00712. The summed E-state index contributed by atoms with van der Waals surface area (Å²) in [4.78, 5) is 13.5. The van der Waals surface area contributed by atoms with E-state index in [1.807, 2.05) is 61.5 Å². The second-order valence-corrected chi connectivity index (χ2v) is 9.20. The van der Waals surface area contributed by atoms with E-state index in [1.54, 1.807) is 24.3 Å². The number of ketones is 1. The lowest BCUT2D eigenvalue weighted by Crippen LogP contribution is -2.38. The van der Waals surface area contributed by atoms with Crippen molar-refractivity contribution in [2.45, 2.75) is 30.7 Å². The van der Waals surface area contributed by atoms with Crippen LogP contribution in [-0.4, -0.2) is 14.2 Å². The van der Waals surface area contributed by atoms with E-state index >= 15 is 0 Å². The van der Waals surface area contributed by atoms with Crippen molar-refractivity contribution >= 4 is 15.8 Å². The fourth-order valence-corrected chi connectivity index (χ4v) is 5.20. The van der Waals surface area contributed by atoms with Crippen LogP contribution in [-0.2, 0) is 16.4 Å². The summed E-state index contributed by atoms with van der Waals surface area (Å²) in [5, 5.41) is 0. The zero-order valence-corrected chi connectivity index (χ0v) is 17.0. The van der Waals surface area contributed by atoms with E-state index in [-0.39, 0.29) is 10.7 Å². The Morgan fingerprint density at radius 1 is 0.897 bits per heavy atom. The van der Waals surface area contributed by atoms with Crippen LogP contribution in [0.25, 0.3) is 0 Å². The van der Waals surface area contributed by atoms with Gasteiger partial charge in [0.05, 0.1) is 10.9 Å². The largest absolute Gasteiger partial charge is 0.294 e. The Morgan fingerprint density at radius 3 is 2.28 bits per heavy atom. The molecule has 0 amide bonds. The van der Waals surface area contributed by atoms with Crippen molar-refractivity contribution in [3.63, 3.8) is 0 Å². The molecule has 1 aliphatic rings. The van der Waals surface area contributed by atoms with Crippen LogP contribution in [0.3, 0.4) is 0 Å². The number of hydrogen-bond acceptors (Lipinski definition) is 3. The second-order valence-electron chi connectivity index (χ2n) is 7.49. The standard InChI is InChI=1S/C24H23NO3S/c1-17-11-14-20(15-12-17)29(27,28)25-23(19-8-3-2-4-9-19)22-16-13-18-7-5-6-10-21(18)24(22)26/h2-12,14-15,22-23,25H,13,16H2,1H3/t22-,23+/m0/s1. The highest BCUT2D eigenvalue weighted by Gasteiger charge is 2.36. The summed E-state index contributed by atoms with van der Waals surface area (Å²) in [6.07, 6.45) is 1.36. The molecule has 0 saturated heterocycles. The van der Waals surface area contributed by atoms with Gasteiger partial charge in [-0.05, 0) is 43.0 Å². The molecule has 148 valence electrons. The summed E-state index contributed by atoms with van der Waals surface area (Å²) in [5.41, 5.74) is 3.50. The van der Waals surface area contributed by atoms with E-state index < -0.39 is 22.0 Å². The van der Waals surface area contributed by atoms with Crippen LogP contribution < -0.4 is 4.72 Å². The number of benzene rings is 3. The van der Waals surface area contributed by atoms with Crippen LogP contribution in [0.1, 0.15) is 39.5 Å². The van der Waals surface area contributed by atoms with Gasteiger partial charge in [0.2, 0.25) is 10.0 Å². The molecule has 5 heteroatoms.